The highest BCUT2D eigenvalue weighted by molar-refractivity contribution is 7.01. The molecule has 0 fully saturated rings. The quantitative estimate of drug-likeness (QED) is 0.163. The van der Waals surface area contributed by atoms with Crippen molar-refractivity contribution in [1.29, 1.82) is 0 Å². The summed E-state index contributed by atoms with van der Waals surface area (Å²) in [6, 6.07) is 146. The summed E-state index contributed by atoms with van der Waals surface area (Å²) in [5, 5.41) is 2.44. The van der Waals surface area contributed by atoms with Crippen LogP contribution in [-0.2, 0) is 16.2 Å². The smallest absolute Gasteiger partial charge is 0.252 e. The lowest BCUT2D eigenvalue weighted by molar-refractivity contribution is 0.793. The van der Waals surface area contributed by atoms with Crippen LogP contribution in [0.1, 0.15) is 66.8 Å². The number of benzene rings is 17. The molecule has 26 rings (SSSR count). The summed E-state index contributed by atoms with van der Waals surface area (Å²) in [5.41, 5.74) is 45.9. The second-order valence-corrected chi connectivity index (χ2v) is 31.1. The molecule has 1 aromatic heterocycles. The molecule has 3 spiro atoms. The van der Waals surface area contributed by atoms with Gasteiger partial charge < -0.3 is 14.4 Å². The molecule has 3 heterocycles. The normalized spacial score (nSPS) is 15.0. The maximum Gasteiger partial charge on any atom is 0.252 e. The van der Waals surface area contributed by atoms with E-state index in [0.29, 0.717) is 0 Å². The molecule has 0 unspecified atom stereocenters. The molecule has 2 aliphatic heterocycles. The van der Waals surface area contributed by atoms with Crippen molar-refractivity contribution < 1.29 is 0 Å². The summed E-state index contributed by atoms with van der Waals surface area (Å²) in [5.74, 6) is 0. The Morgan fingerprint density at radius 3 is 1.04 bits per heavy atom. The topological polar surface area (TPSA) is 11.4 Å². The number of hydrogen-bond acceptors (Lipinski definition) is 2. The lowest BCUT2D eigenvalue weighted by atomic mass is 9.31. The van der Waals surface area contributed by atoms with E-state index in [1.165, 1.54) is 183 Å². The molecule has 0 saturated heterocycles. The van der Waals surface area contributed by atoms with Crippen LogP contribution < -0.4 is 26.2 Å². The zero-order valence-corrected chi connectivity index (χ0v) is 59.2. The number of para-hydroxylation sites is 2. The predicted molar refractivity (Wildman–Crippen MR) is 449 cm³/mol. The molecular formula is C105H62BN3. The van der Waals surface area contributed by atoms with Gasteiger partial charge in [-0.15, -0.1) is 0 Å². The fraction of sp³-hybridized carbons (Fsp3) is 0.0286. The third-order valence-electron chi connectivity index (χ3n) is 26.6. The molecule has 500 valence electrons. The Labute approximate surface area is 631 Å². The fourth-order valence-corrected chi connectivity index (χ4v) is 22.8. The van der Waals surface area contributed by atoms with Crippen molar-refractivity contribution in [3.05, 3.63) is 443 Å². The van der Waals surface area contributed by atoms with E-state index in [9.17, 15) is 0 Å². The predicted octanol–water partition coefficient (Wildman–Crippen LogP) is 23.6. The number of fused-ring (bicyclic) bond motifs is 38. The molecule has 17 aromatic carbocycles. The molecule has 6 aliphatic carbocycles. The highest BCUT2D eigenvalue weighted by Gasteiger charge is 2.59. The second kappa shape index (κ2) is 20.8. The first-order chi connectivity index (χ1) is 54.1. The average Bonchev–Trinajstić information content (AvgIpc) is 1.53. The van der Waals surface area contributed by atoms with E-state index in [1.54, 1.807) is 0 Å². The largest absolute Gasteiger partial charge is 0.311 e. The van der Waals surface area contributed by atoms with Gasteiger partial charge in [-0.1, -0.05) is 315 Å². The minimum atomic E-state index is -0.698. The molecule has 109 heavy (non-hydrogen) atoms. The zero-order valence-electron chi connectivity index (χ0n) is 59.2. The van der Waals surface area contributed by atoms with E-state index >= 15 is 0 Å². The first-order valence-electron chi connectivity index (χ1n) is 38.4. The molecule has 0 amide bonds. The lowest BCUT2D eigenvalue weighted by Gasteiger charge is -2.47. The van der Waals surface area contributed by atoms with E-state index in [2.05, 4.69) is 390 Å². The average molecular weight is 1380 g/mol. The second-order valence-electron chi connectivity index (χ2n) is 31.1. The van der Waals surface area contributed by atoms with Crippen molar-refractivity contribution in [3.63, 3.8) is 0 Å². The summed E-state index contributed by atoms with van der Waals surface area (Å²) in [6.45, 7) is -0.318. The van der Waals surface area contributed by atoms with Crippen LogP contribution in [0.4, 0.5) is 34.1 Å². The number of aromatic nitrogens is 1. The molecule has 0 radical (unpaired) electrons. The van der Waals surface area contributed by atoms with Gasteiger partial charge in [0.1, 0.15) is 0 Å². The number of nitrogens with zero attached hydrogens (tertiary/aromatic N) is 3. The van der Waals surface area contributed by atoms with Gasteiger partial charge in [-0.05, 0) is 222 Å². The maximum atomic E-state index is 2.76. The molecule has 0 atom stereocenters. The number of rotatable bonds is 4. The van der Waals surface area contributed by atoms with E-state index in [4.69, 9.17) is 0 Å². The van der Waals surface area contributed by atoms with Gasteiger partial charge in [0.15, 0.2) is 0 Å². The van der Waals surface area contributed by atoms with Crippen LogP contribution >= 0.6 is 0 Å². The number of anilines is 6. The van der Waals surface area contributed by atoms with Gasteiger partial charge in [0.25, 0.3) is 6.71 Å². The minimum absolute atomic E-state index is 0.318. The first kappa shape index (κ1) is 58.5. The molecular weight excluding hydrogens is 1310 g/mol. The van der Waals surface area contributed by atoms with Crippen LogP contribution in [-0.4, -0.2) is 11.3 Å². The summed E-state index contributed by atoms with van der Waals surface area (Å²) in [6.07, 6.45) is 0. The van der Waals surface area contributed by atoms with Crippen LogP contribution in [0.2, 0.25) is 0 Å². The molecule has 3 nitrogen and oxygen atoms in total. The molecule has 18 aromatic rings. The Kier molecular flexibility index (Phi) is 11.2. The standard InChI is InChI=1S/C105H62BN3/c1-2-26-63(27-3-1)64-50-52-65(53-51-64)107-96-57-55-79-74-34-10-23-47-90(74)105(88-45-21-8-32-72(88)73-33-9-22-46-89(73)105)100(79)102(96)106-93-61-81-76-36-12-20-44-87(76)104(84-41-17-6-30-70(84)71-31-7-18-42-85(71)104)92(81)62-97(93)108(99-60-67(59-98(107)101(99)106)109-94-48-24-13-37-77(94)78-38-14-25-49-95(78)109)66-54-56-91-80(58-66)75-35-11-19-43-86(75)103(91)82-39-15-4-28-68(82)69-29-5-16-40-83(69)103/h1-62H. The van der Waals surface area contributed by atoms with E-state index in [1.807, 2.05) is 0 Å². The van der Waals surface area contributed by atoms with Crippen LogP contribution in [0.3, 0.4) is 0 Å². The number of hydrogen-bond donors (Lipinski definition) is 0. The van der Waals surface area contributed by atoms with Crippen LogP contribution in [0.5, 0.6) is 0 Å². The highest BCUT2D eigenvalue weighted by atomic mass is 15.2. The van der Waals surface area contributed by atoms with Crippen molar-refractivity contribution in [3.8, 4) is 83.6 Å². The monoisotopic (exact) mass is 1380 g/mol. The van der Waals surface area contributed by atoms with Crippen molar-refractivity contribution in [2.24, 2.45) is 0 Å². The van der Waals surface area contributed by atoms with Crippen molar-refractivity contribution in [2.45, 2.75) is 16.2 Å². The highest BCUT2D eigenvalue weighted by Crippen LogP contribution is 2.68. The fourth-order valence-electron chi connectivity index (χ4n) is 22.8. The summed E-state index contributed by atoms with van der Waals surface area (Å²) >= 11 is 0. The first-order valence-corrected chi connectivity index (χ1v) is 38.4. The van der Waals surface area contributed by atoms with Crippen molar-refractivity contribution in [1.82, 2.24) is 4.57 Å². The Morgan fingerprint density at radius 2 is 0.560 bits per heavy atom. The Hall–Kier alpha value is -13.8. The van der Waals surface area contributed by atoms with Gasteiger partial charge in [0, 0.05) is 44.9 Å². The van der Waals surface area contributed by atoms with Crippen molar-refractivity contribution >= 4 is 79.0 Å². The SMILES string of the molecule is c1ccc(-c2ccc(N3c4cc(-n5c6ccccc6c6ccccc65)cc5c4B(c4cc6c(cc4N5c4ccc5c(c4)-c4ccccc4C54c5ccccc5-c5ccccc54)C4(c5ccccc5-c5ccccc54)c4ccccc4-6)c4c3ccc3c4C4(c5ccccc5-c5ccccc54)c4ccccc4-3)cc2)cc1. The van der Waals surface area contributed by atoms with Gasteiger partial charge in [-0.2, -0.15) is 0 Å². The zero-order chi connectivity index (χ0) is 70.7. The van der Waals surface area contributed by atoms with Crippen LogP contribution in [0.15, 0.2) is 376 Å². The third-order valence-corrected chi connectivity index (χ3v) is 26.6. The van der Waals surface area contributed by atoms with Gasteiger partial charge in [0.2, 0.25) is 0 Å². The van der Waals surface area contributed by atoms with Crippen LogP contribution in [0.25, 0.3) is 105 Å². The third kappa shape index (κ3) is 6.96. The van der Waals surface area contributed by atoms with Crippen molar-refractivity contribution in [2.75, 3.05) is 9.80 Å². The summed E-state index contributed by atoms with van der Waals surface area (Å²) in [4.78, 5) is 5.44. The maximum absolute atomic E-state index is 2.76. The molecule has 0 N–H and O–H groups in total. The molecule has 0 bridgehead atoms. The summed E-state index contributed by atoms with van der Waals surface area (Å²) < 4.78 is 2.56. The minimum Gasteiger partial charge on any atom is -0.311 e. The van der Waals surface area contributed by atoms with Gasteiger partial charge in [0.05, 0.1) is 33.0 Å². The molecule has 0 saturated carbocycles. The van der Waals surface area contributed by atoms with Gasteiger partial charge in [-0.25, -0.2) is 0 Å². The van der Waals surface area contributed by atoms with Gasteiger partial charge in [-0.3, -0.25) is 0 Å². The van der Waals surface area contributed by atoms with E-state index < -0.39 is 16.2 Å². The lowest BCUT2D eigenvalue weighted by Crippen LogP contribution is -2.63. The molecule has 4 heteroatoms. The molecule has 8 aliphatic rings. The summed E-state index contributed by atoms with van der Waals surface area (Å²) in [7, 11) is 0. The van der Waals surface area contributed by atoms with E-state index in [-0.39, 0.29) is 6.71 Å². The van der Waals surface area contributed by atoms with E-state index in [0.717, 1.165) is 39.5 Å². The van der Waals surface area contributed by atoms with Crippen LogP contribution in [0, 0.1) is 0 Å². The Bertz CT molecular complexity index is 6950. The Balaban J connectivity index is 0.848. The Morgan fingerprint density at radius 1 is 0.202 bits per heavy atom. The van der Waals surface area contributed by atoms with Gasteiger partial charge >= 0.3 is 0 Å².